The Kier molecular flexibility index (Phi) is 4.90. The minimum absolute atomic E-state index is 0.0763. The molecule has 1 amide bonds. The van der Waals surface area contributed by atoms with Crippen LogP contribution in [-0.2, 0) is 6.42 Å². The maximum absolute atomic E-state index is 13.6. The lowest BCUT2D eigenvalue weighted by atomic mass is 10.2. The van der Waals surface area contributed by atoms with Crippen LogP contribution < -0.4 is 5.32 Å². The molecule has 0 spiro atoms. The molecule has 1 N–H and O–H groups in total. The fraction of sp³-hybridized carbons (Fsp3) is 0.357. The van der Waals surface area contributed by atoms with Gasteiger partial charge in [-0.3, -0.25) is 4.79 Å². The first-order chi connectivity index (χ1) is 9.99. The summed E-state index contributed by atoms with van der Waals surface area (Å²) in [6.45, 7) is 4.14. The Labute approximate surface area is 126 Å². The van der Waals surface area contributed by atoms with E-state index in [2.05, 4.69) is 15.5 Å². The van der Waals surface area contributed by atoms with E-state index in [0.29, 0.717) is 18.2 Å². The van der Waals surface area contributed by atoms with Crippen molar-refractivity contribution in [2.75, 3.05) is 6.54 Å². The lowest BCUT2D eigenvalue weighted by Crippen LogP contribution is -2.27. The van der Waals surface area contributed by atoms with Crippen molar-refractivity contribution < 1.29 is 13.6 Å². The molecule has 7 heteroatoms. The van der Waals surface area contributed by atoms with Gasteiger partial charge in [0.2, 0.25) is 11.8 Å². The molecule has 2 rings (SSSR count). The summed E-state index contributed by atoms with van der Waals surface area (Å²) in [6.07, 6.45) is 0.373. The van der Waals surface area contributed by atoms with Gasteiger partial charge in [-0.2, -0.15) is 0 Å². The maximum atomic E-state index is 13.6. The first kappa shape index (κ1) is 15.4. The second-order valence-electron chi connectivity index (χ2n) is 4.79. The van der Waals surface area contributed by atoms with Crippen molar-refractivity contribution in [3.05, 3.63) is 46.4 Å². The largest absolute Gasteiger partial charge is 0.425 e. The lowest BCUT2D eigenvalue weighted by Gasteiger charge is -2.06. The standard InChI is InChI=1S/C14H15ClFN3O2/c1-8(2)14-19-18-11(21-14)6-7-17-13(20)12-9(15)4-3-5-10(12)16/h3-5,8H,6-7H2,1-2H3,(H,17,20). The zero-order valence-electron chi connectivity index (χ0n) is 11.7. The van der Waals surface area contributed by atoms with Gasteiger partial charge in [0.1, 0.15) is 5.82 Å². The van der Waals surface area contributed by atoms with Crippen molar-refractivity contribution in [2.24, 2.45) is 0 Å². The van der Waals surface area contributed by atoms with Gasteiger partial charge in [-0.05, 0) is 12.1 Å². The highest BCUT2D eigenvalue weighted by atomic mass is 35.5. The van der Waals surface area contributed by atoms with E-state index in [9.17, 15) is 9.18 Å². The fourth-order valence-corrected chi connectivity index (χ4v) is 1.94. The predicted octanol–water partition coefficient (Wildman–Crippen LogP) is 2.96. The first-order valence-corrected chi connectivity index (χ1v) is 6.91. The van der Waals surface area contributed by atoms with Gasteiger partial charge in [0, 0.05) is 18.9 Å². The molecule has 0 fully saturated rings. The van der Waals surface area contributed by atoms with Crippen molar-refractivity contribution in [1.82, 2.24) is 15.5 Å². The molecule has 21 heavy (non-hydrogen) atoms. The molecule has 1 heterocycles. The monoisotopic (exact) mass is 311 g/mol. The normalized spacial score (nSPS) is 10.9. The Morgan fingerprint density at radius 3 is 2.81 bits per heavy atom. The molecule has 1 aromatic carbocycles. The second-order valence-corrected chi connectivity index (χ2v) is 5.20. The summed E-state index contributed by atoms with van der Waals surface area (Å²) < 4.78 is 19.0. The SMILES string of the molecule is CC(C)c1nnc(CCNC(=O)c2c(F)cccc2Cl)o1. The number of hydrogen-bond donors (Lipinski definition) is 1. The van der Waals surface area contributed by atoms with E-state index >= 15 is 0 Å². The first-order valence-electron chi connectivity index (χ1n) is 6.53. The topological polar surface area (TPSA) is 68.0 Å². The molecule has 0 saturated carbocycles. The van der Waals surface area contributed by atoms with Crippen molar-refractivity contribution in [3.8, 4) is 0 Å². The van der Waals surface area contributed by atoms with Crippen LogP contribution in [0.5, 0.6) is 0 Å². The summed E-state index contributed by atoms with van der Waals surface area (Å²) in [5, 5.41) is 10.4. The van der Waals surface area contributed by atoms with Crippen LogP contribution in [0.3, 0.4) is 0 Å². The van der Waals surface area contributed by atoms with Gasteiger partial charge in [-0.15, -0.1) is 10.2 Å². The summed E-state index contributed by atoms with van der Waals surface area (Å²) >= 11 is 5.82. The molecule has 0 aliphatic rings. The quantitative estimate of drug-likeness (QED) is 0.921. The summed E-state index contributed by atoms with van der Waals surface area (Å²) in [4.78, 5) is 11.9. The molecular formula is C14H15ClFN3O2. The fourth-order valence-electron chi connectivity index (χ4n) is 1.69. The summed E-state index contributed by atoms with van der Waals surface area (Å²) in [6, 6.07) is 4.10. The smallest absolute Gasteiger partial charge is 0.255 e. The van der Waals surface area contributed by atoms with Crippen LogP contribution in [0.4, 0.5) is 4.39 Å². The van der Waals surface area contributed by atoms with Crippen LogP contribution >= 0.6 is 11.6 Å². The molecule has 0 saturated heterocycles. The number of nitrogens with one attached hydrogen (secondary N) is 1. The Balaban J connectivity index is 1.92. The number of hydrogen-bond acceptors (Lipinski definition) is 4. The molecule has 0 atom stereocenters. The molecule has 0 unspecified atom stereocenters. The molecular weight excluding hydrogens is 297 g/mol. The van der Waals surface area contributed by atoms with Gasteiger partial charge in [0.15, 0.2) is 0 Å². The number of carbonyl (C=O) groups excluding carboxylic acids is 1. The van der Waals surface area contributed by atoms with Crippen molar-refractivity contribution >= 4 is 17.5 Å². The zero-order chi connectivity index (χ0) is 15.4. The van der Waals surface area contributed by atoms with Gasteiger partial charge in [0.25, 0.3) is 5.91 Å². The van der Waals surface area contributed by atoms with Crippen LogP contribution in [0.15, 0.2) is 22.6 Å². The Morgan fingerprint density at radius 2 is 2.19 bits per heavy atom. The third-order valence-electron chi connectivity index (χ3n) is 2.79. The van der Waals surface area contributed by atoms with Crippen molar-refractivity contribution in [2.45, 2.75) is 26.2 Å². The Morgan fingerprint density at radius 1 is 1.43 bits per heavy atom. The van der Waals surface area contributed by atoms with E-state index in [1.54, 1.807) is 0 Å². The number of aromatic nitrogens is 2. The Hall–Kier alpha value is -1.95. The number of rotatable bonds is 5. The number of benzene rings is 1. The van der Waals surface area contributed by atoms with Gasteiger partial charge >= 0.3 is 0 Å². The Bertz CT molecular complexity index is 623. The maximum Gasteiger partial charge on any atom is 0.255 e. The van der Waals surface area contributed by atoms with Crippen LogP contribution in [-0.4, -0.2) is 22.6 Å². The lowest BCUT2D eigenvalue weighted by molar-refractivity contribution is 0.0949. The number of amides is 1. The van der Waals surface area contributed by atoms with E-state index in [4.69, 9.17) is 16.0 Å². The van der Waals surface area contributed by atoms with Crippen molar-refractivity contribution in [1.29, 1.82) is 0 Å². The highest BCUT2D eigenvalue weighted by Crippen LogP contribution is 2.18. The predicted molar refractivity (Wildman–Crippen MR) is 75.8 cm³/mol. The molecule has 2 aromatic rings. The van der Waals surface area contributed by atoms with Crippen molar-refractivity contribution in [3.63, 3.8) is 0 Å². The van der Waals surface area contributed by atoms with Crippen LogP contribution in [0, 0.1) is 5.82 Å². The minimum atomic E-state index is -0.653. The third kappa shape index (κ3) is 3.78. The van der Waals surface area contributed by atoms with E-state index in [1.165, 1.54) is 18.2 Å². The molecule has 0 radical (unpaired) electrons. The summed E-state index contributed by atoms with van der Waals surface area (Å²) in [5.41, 5.74) is -0.160. The van der Waals surface area contributed by atoms with E-state index in [1.807, 2.05) is 13.8 Å². The molecule has 5 nitrogen and oxygen atoms in total. The van der Waals surface area contributed by atoms with E-state index < -0.39 is 11.7 Å². The molecule has 0 aliphatic carbocycles. The third-order valence-corrected chi connectivity index (χ3v) is 3.11. The average Bonchev–Trinajstić information content (AvgIpc) is 2.87. The molecule has 112 valence electrons. The summed E-state index contributed by atoms with van der Waals surface area (Å²) in [7, 11) is 0. The van der Waals surface area contributed by atoms with Gasteiger partial charge in [-0.25, -0.2) is 4.39 Å². The van der Waals surface area contributed by atoms with E-state index in [0.717, 1.165) is 0 Å². The van der Waals surface area contributed by atoms with Crippen LogP contribution in [0.25, 0.3) is 0 Å². The van der Waals surface area contributed by atoms with Crippen LogP contribution in [0.1, 0.15) is 41.9 Å². The highest BCUT2D eigenvalue weighted by molar-refractivity contribution is 6.33. The molecule has 0 aliphatic heterocycles. The number of nitrogens with zero attached hydrogens (tertiary/aromatic N) is 2. The summed E-state index contributed by atoms with van der Waals surface area (Å²) in [5.74, 6) is -0.0910. The zero-order valence-corrected chi connectivity index (χ0v) is 12.4. The average molecular weight is 312 g/mol. The molecule has 0 bridgehead atoms. The molecule has 1 aromatic heterocycles. The van der Waals surface area contributed by atoms with E-state index in [-0.39, 0.29) is 23.0 Å². The van der Waals surface area contributed by atoms with Gasteiger partial charge < -0.3 is 9.73 Å². The van der Waals surface area contributed by atoms with Gasteiger partial charge in [-0.1, -0.05) is 31.5 Å². The number of halogens is 2. The second kappa shape index (κ2) is 6.67. The number of carbonyl (C=O) groups is 1. The highest BCUT2D eigenvalue weighted by Gasteiger charge is 2.16. The van der Waals surface area contributed by atoms with Gasteiger partial charge in [0.05, 0.1) is 10.6 Å². The minimum Gasteiger partial charge on any atom is -0.425 e. The van der Waals surface area contributed by atoms with Crippen LogP contribution in [0.2, 0.25) is 5.02 Å².